The van der Waals surface area contributed by atoms with Crippen LogP contribution in [-0.2, 0) is 11.3 Å². The fourth-order valence-electron chi connectivity index (χ4n) is 3.34. The number of carbonyl (C=O) groups excluding carboxylic acids is 1. The molecule has 0 saturated carbocycles. The number of benzene rings is 1. The third kappa shape index (κ3) is 5.58. The summed E-state index contributed by atoms with van der Waals surface area (Å²) in [6.07, 6.45) is 6.51. The highest BCUT2D eigenvalue weighted by Gasteiger charge is 2.21. The number of rotatable bonds is 7. The summed E-state index contributed by atoms with van der Waals surface area (Å²) in [5.74, 6) is 0.734. The number of nitrogens with one attached hydrogen (secondary N) is 1. The fourth-order valence-corrected chi connectivity index (χ4v) is 3.49. The van der Waals surface area contributed by atoms with Gasteiger partial charge in [-0.3, -0.25) is 14.4 Å². The topological polar surface area (TPSA) is 50.2 Å². The van der Waals surface area contributed by atoms with Crippen LogP contribution in [0.15, 0.2) is 42.7 Å². The number of likely N-dealkylation sites (tertiary alicyclic amines) is 1. The fraction of sp³-hybridized carbons (Fsp3) is 0.474. The van der Waals surface area contributed by atoms with Crippen molar-refractivity contribution in [2.24, 2.45) is 0 Å². The largest absolute Gasteiger partial charge is 0.355 e. The molecule has 0 bridgehead atoms. The number of hydrogen-bond acceptors (Lipinski definition) is 3. The molecule has 0 unspecified atom stereocenters. The standard InChI is InChI=1S/C19H25ClN4O/c20-18-13-22-24(14-18)10-4-9-21-19(25)15-23-11-7-17(8-12-23)16-5-2-1-3-6-16/h1-3,5-6,13-14,17H,4,7-12,15H2,(H,21,25). The van der Waals surface area contributed by atoms with Gasteiger partial charge in [-0.1, -0.05) is 41.9 Å². The summed E-state index contributed by atoms with van der Waals surface area (Å²) in [7, 11) is 0. The van der Waals surface area contributed by atoms with Gasteiger partial charge in [0.2, 0.25) is 5.91 Å². The molecule has 2 heterocycles. The van der Waals surface area contributed by atoms with Crippen molar-refractivity contribution in [3.05, 3.63) is 53.3 Å². The van der Waals surface area contributed by atoms with E-state index >= 15 is 0 Å². The Morgan fingerprint density at radius 1 is 1.24 bits per heavy atom. The highest BCUT2D eigenvalue weighted by atomic mass is 35.5. The van der Waals surface area contributed by atoms with Crippen LogP contribution in [0.3, 0.4) is 0 Å². The summed E-state index contributed by atoms with van der Waals surface area (Å²) >= 11 is 5.82. The first-order valence-corrected chi connectivity index (χ1v) is 9.30. The van der Waals surface area contributed by atoms with Gasteiger partial charge in [0, 0.05) is 19.3 Å². The summed E-state index contributed by atoms with van der Waals surface area (Å²) in [6.45, 7) is 3.89. The number of hydrogen-bond donors (Lipinski definition) is 1. The van der Waals surface area contributed by atoms with Crippen LogP contribution in [-0.4, -0.2) is 46.8 Å². The van der Waals surface area contributed by atoms with Gasteiger partial charge in [0.05, 0.1) is 17.8 Å². The Hall–Kier alpha value is -1.85. The molecule has 0 spiro atoms. The molecule has 1 aromatic heterocycles. The first kappa shape index (κ1) is 18.0. The van der Waals surface area contributed by atoms with Gasteiger partial charge in [0.15, 0.2) is 0 Å². The molecule has 0 atom stereocenters. The molecule has 0 aliphatic carbocycles. The highest BCUT2D eigenvalue weighted by Crippen LogP contribution is 2.27. The predicted octanol–water partition coefficient (Wildman–Crippen LogP) is 2.92. The van der Waals surface area contributed by atoms with Crippen LogP contribution in [0.5, 0.6) is 0 Å². The Morgan fingerprint density at radius 2 is 2.00 bits per heavy atom. The number of amides is 1. The Morgan fingerprint density at radius 3 is 2.68 bits per heavy atom. The number of halogens is 1. The maximum atomic E-state index is 12.1. The molecule has 2 aromatic rings. The quantitative estimate of drug-likeness (QED) is 0.772. The summed E-state index contributed by atoms with van der Waals surface area (Å²) in [6, 6.07) is 10.7. The number of piperidine rings is 1. The minimum Gasteiger partial charge on any atom is -0.355 e. The Balaban J connectivity index is 1.31. The lowest BCUT2D eigenvalue weighted by molar-refractivity contribution is -0.122. The molecule has 3 rings (SSSR count). The monoisotopic (exact) mass is 360 g/mol. The van der Waals surface area contributed by atoms with E-state index in [1.165, 1.54) is 5.56 Å². The van der Waals surface area contributed by atoms with Gasteiger partial charge in [-0.15, -0.1) is 0 Å². The smallest absolute Gasteiger partial charge is 0.234 e. The molecule has 1 saturated heterocycles. The molecule has 25 heavy (non-hydrogen) atoms. The highest BCUT2D eigenvalue weighted by molar-refractivity contribution is 6.30. The van der Waals surface area contributed by atoms with Crippen LogP contribution in [0.4, 0.5) is 0 Å². The first-order valence-electron chi connectivity index (χ1n) is 8.92. The normalized spacial score (nSPS) is 16.0. The Bertz CT molecular complexity index is 665. The van der Waals surface area contributed by atoms with Crippen molar-refractivity contribution < 1.29 is 4.79 Å². The van der Waals surface area contributed by atoms with E-state index in [0.717, 1.165) is 38.9 Å². The molecule has 1 N–H and O–H groups in total. The van der Waals surface area contributed by atoms with Gasteiger partial charge < -0.3 is 5.32 Å². The van der Waals surface area contributed by atoms with Gasteiger partial charge in [0.25, 0.3) is 0 Å². The van der Waals surface area contributed by atoms with Crippen LogP contribution in [0, 0.1) is 0 Å². The maximum Gasteiger partial charge on any atom is 0.234 e. The van der Waals surface area contributed by atoms with E-state index in [-0.39, 0.29) is 5.91 Å². The number of aromatic nitrogens is 2. The second kappa shape index (κ2) is 9.02. The van der Waals surface area contributed by atoms with Crippen LogP contribution < -0.4 is 5.32 Å². The Labute approximate surface area is 154 Å². The minimum atomic E-state index is 0.108. The molecule has 6 heteroatoms. The molecular formula is C19H25ClN4O. The number of carbonyl (C=O) groups is 1. The summed E-state index contributed by atoms with van der Waals surface area (Å²) in [5, 5.41) is 7.76. The molecular weight excluding hydrogens is 336 g/mol. The lowest BCUT2D eigenvalue weighted by Crippen LogP contribution is -2.41. The van der Waals surface area contributed by atoms with Gasteiger partial charge >= 0.3 is 0 Å². The minimum absolute atomic E-state index is 0.108. The molecule has 1 fully saturated rings. The van der Waals surface area contributed by atoms with Crippen molar-refractivity contribution >= 4 is 17.5 Å². The van der Waals surface area contributed by atoms with E-state index in [9.17, 15) is 4.79 Å². The van der Waals surface area contributed by atoms with E-state index < -0.39 is 0 Å². The van der Waals surface area contributed by atoms with E-state index in [0.29, 0.717) is 24.0 Å². The number of aryl methyl sites for hydroxylation is 1. The molecule has 1 aromatic carbocycles. The van der Waals surface area contributed by atoms with Crippen LogP contribution >= 0.6 is 11.6 Å². The average Bonchev–Trinajstić information content (AvgIpc) is 3.05. The van der Waals surface area contributed by atoms with Crippen molar-refractivity contribution in [3.8, 4) is 0 Å². The third-order valence-corrected chi connectivity index (χ3v) is 4.91. The zero-order chi connectivity index (χ0) is 17.5. The summed E-state index contributed by atoms with van der Waals surface area (Å²) in [4.78, 5) is 14.3. The molecule has 0 radical (unpaired) electrons. The van der Waals surface area contributed by atoms with E-state index in [1.54, 1.807) is 17.1 Å². The Kier molecular flexibility index (Phi) is 6.48. The first-order chi connectivity index (χ1) is 12.2. The zero-order valence-electron chi connectivity index (χ0n) is 14.4. The van der Waals surface area contributed by atoms with Crippen molar-refractivity contribution in [1.82, 2.24) is 20.0 Å². The van der Waals surface area contributed by atoms with Crippen LogP contribution in [0.1, 0.15) is 30.7 Å². The predicted molar refractivity (Wildman–Crippen MR) is 99.7 cm³/mol. The summed E-state index contributed by atoms with van der Waals surface area (Å²) in [5.41, 5.74) is 1.42. The van der Waals surface area contributed by atoms with Crippen molar-refractivity contribution in [2.75, 3.05) is 26.2 Å². The van der Waals surface area contributed by atoms with Gasteiger partial charge in [-0.2, -0.15) is 5.10 Å². The van der Waals surface area contributed by atoms with Crippen molar-refractivity contribution in [1.29, 1.82) is 0 Å². The maximum absolute atomic E-state index is 12.1. The van der Waals surface area contributed by atoms with Gasteiger partial charge in [0.1, 0.15) is 0 Å². The van der Waals surface area contributed by atoms with Gasteiger partial charge in [-0.25, -0.2) is 0 Å². The second-order valence-corrected chi connectivity index (χ2v) is 7.02. The molecule has 5 nitrogen and oxygen atoms in total. The van der Waals surface area contributed by atoms with E-state index in [2.05, 4.69) is 45.6 Å². The third-order valence-electron chi connectivity index (χ3n) is 4.71. The van der Waals surface area contributed by atoms with Crippen LogP contribution in [0.2, 0.25) is 5.02 Å². The lowest BCUT2D eigenvalue weighted by atomic mass is 9.89. The summed E-state index contributed by atoms with van der Waals surface area (Å²) < 4.78 is 1.79. The molecule has 1 amide bonds. The molecule has 1 aliphatic heterocycles. The second-order valence-electron chi connectivity index (χ2n) is 6.59. The lowest BCUT2D eigenvalue weighted by Gasteiger charge is -2.31. The van der Waals surface area contributed by atoms with Gasteiger partial charge in [-0.05, 0) is 43.8 Å². The molecule has 1 aliphatic rings. The molecule has 134 valence electrons. The van der Waals surface area contributed by atoms with E-state index in [1.807, 2.05) is 0 Å². The average molecular weight is 361 g/mol. The van der Waals surface area contributed by atoms with Crippen molar-refractivity contribution in [2.45, 2.75) is 31.7 Å². The zero-order valence-corrected chi connectivity index (χ0v) is 15.2. The SMILES string of the molecule is O=C(CN1CCC(c2ccccc2)CC1)NCCCn1cc(Cl)cn1. The van der Waals surface area contributed by atoms with Crippen molar-refractivity contribution in [3.63, 3.8) is 0 Å². The van der Waals surface area contributed by atoms with Crippen LogP contribution in [0.25, 0.3) is 0 Å². The van der Waals surface area contributed by atoms with E-state index in [4.69, 9.17) is 11.6 Å². The number of nitrogens with zero attached hydrogens (tertiary/aromatic N) is 3.